The topological polar surface area (TPSA) is 74.5 Å². The zero-order valence-electron chi connectivity index (χ0n) is 14.3. The summed E-state index contributed by atoms with van der Waals surface area (Å²) in [4.78, 5) is 0. The van der Waals surface area contributed by atoms with Gasteiger partial charge in [-0.2, -0.15) is 5.10 Å². The van der Waals surface area contributed by atoms with Crippen LogP contribution in [-0.4, -0.2) is 24.8 Å². The Morgan fingerprint density at radius 3 is 2.60 bits per heavy atom. The normalized spacial score (nSPS) is 11.3. The average molecular weight is 332 g/mol. The summed E-state index contributed by atoms with van der Waals surface area (Å²) in [6, 6.07) is 16.1. The van der Waals surface area contributed by atoms with E-state index in [0.717, 1.165) is 52.3 Å². The molecule has 2 aromatic carbocycles. The number of fused-ring (bicyclic) bond motifs is 1. The summed E-state index contributed by atoms with van der Waals surface area (Å²) in [7, 11) is 0. The van der Waals surface area contributed by atoms with Gasteiger partial charge in [-0.25, -0.2) is 4.68 Å². The lowest BCUT2D eigenvalue weighted by atomic mass is 10.1. The molecule has 0 fully saturated rings. The van der Waals surface area contributed by atoms with Gasteiger partial charge < -0.3 is 5.73 Å². The molecule has 126 valence electrons. The molecule has 0 aliphatic carbocycles. The molecule has 2 heterocycles. The smallest absolute Gasteiger partial charge is 0.113 e. The summed E-state index contributed by atoms with van der Waals surface area (Å²) < 4.78 is 3.92. The lowest BCUT2D eigenvalue weighted by Gasteiger charge is -2.05. The van der Waals surface area contributed by atoms with E-state index in [0.29, 0.717) is 0 Å². The molecule has 0 saturated heterocycles. The first kappa shape index (κ1) is 15.4. The molecular formula is C19H20N6. The molecule has 0 aliphatic rings. The minimum atomic E-state index is 0.721. The van der Waals surface area contributed by atoms with E-state index >= 15 is 0 Å². The predicted molar refractivity (Wildman–Crippen MR) is 99.1 cm³/mol. The van der Waals surface area contributed by atoms with Crippen LogP contribution in [0, 0.1) is 13.8 Å². The van der Waals surface area contributed by atoms with Crippen molar-refractivity contribution >= 4 is 16.7 Å². The minimum Gasteiger partial charge on any atom is -0.398 e. The van der Waals surface area contributed by atoms with Gasteiger partial charge in [0.1, 0.15) is 5.52 Å². The first-order chi connectivity index (χ1) is 12.1. The molecule has 0 unspecified atom stereocenters. The third-order valence-corrected chi connectivity index (χ3v) is 4.50. The fraction of sp³-hybridized carbons (Fsp3) is 0.211. The molecule has 0 amide bonds. The number of nitrogens with zero attached hydrogens (tertiary/aromatic N) is 5. The minimum absolute atomic E-state index is 0.721. The summed E-state index contributed by atoms with van der Waals surface area (Å²) in [6.07, 6.45) is 0. The Labute approximate surface area is 145 Å². The van der Waals surface area contributed by atoms with Crippen molar-refractivity contribution < 1.29 is 0 Å². The number of benzene rings is 2. The summed E-state index contributed by atoms with van der Waals surface area (Å²) in [5.74, 6) is 0. The highest BCUT2D eigenvalue weighted by Gasteiger charge is 2.09. The van der Waals surface area contributed by atoms with Crippen LogP contribution < -0.4 is 5.73 Å². The predicted octanol–water partition coefficient (Wildman–Crippen LogP) is 3.19. The fourth-order valence-electron chi connectivity index (χ4n) is 2.95. The first-order valence-corrected chi connectivity index (χ1v) is 8.31. The van der Waals surface area contributed by atoms with Gasteiger partial charge in [0, 0.05) is 16.9 Å². The SMILES string of the molecule is Cc1ccc(-c2cc(C)n(CCn3nnc4ccccc43)n2)cc1N. The van der Waals surface area contributed by atoms with Crippen molar-refractivity contribution in [3.05, 3.63) is 59.8 Å². The molecule has 0 saturated carbocycles. The van der Waals surface area contributed by atoms with Gasteiger partial charge in [0.25, 0.3) is 0 Å². The number of aromatic nitrogens is 5. The largest absolute Gasteiger partial charge is 0.398 e. The molecule has 2 N–H and O–H groups in total. The maximum Gasteiger partial charge on any atom is 0.113 e. The maximum absolute atomic E-state index is 6.03. The van der Waals surface area contributed by atoms with Crippen molar-refractivity contribution in [3.8, 4) is 11.3 Å². The van der Waals surface area contributed by atoms with Crippen molar-refractivity contribution in [1.29, 1.82) is 0 Å². The fourth-order valence-corrected chi connectivity index (χ4v) is 2.95. The van der Waals surface area contributed by atoms with Gasteiger partial charge in [-0.15, -0.1) is 5.10 Å². The lowest BCUT2D eigenvalue weighted by molar-refractivity contribution is 0.493. The van der Waals surface area contributed by atoms with Crippen LogP contribution in [0.2, 0.25) is 0 Å². The highest BCUT2D eigenvalue weighted by Crippen LogP contribution is 2.23. The van der Waals surface area contributed by atoms with Crippen LogP contribution in [0.5, 0.6) is 0 Å². The van der Waals surface area contributed by atoms with Gasteiger partial charge in [-0.3, -0.25) is 4.68 Å². The molecule has 4 aromatic rings. The highest BCUT2D eigenvalue weighted by atomic mass is 15.4. The Bertz CT molecular complexity index is 1040. The highest BCUT2D eigenvalue weighted by molar-refractivity contribution is 5.73. The van der Waals surface area contributed by atoms with E-state index in [9.17, 15) is 0 Å². The van der Waals surface area contributed by atoms with Crippen LogP contribution in [0.1, 0.15) is 11.3 Å². The van der Waals surface area contributed by atoms with Crippen LogP contribution in [0.3, 0.4) is 0 Å². The zero-order valence-corrected chi connectivity index (χ0v) is 14.3. The van der Waals surface area contributed by atoms with Gasteiger partial charge in [0.2, 0.25) is 0 Å². The number of aryl methyl sites for hydroxylation is 4. The summed E-state index contributed by atoms with van der Waals surface area (Å²) >= 11 is 0. The molecule has 0 aliphatic heterocycles. The van der Waals surface area contributed by atoms with Gasteiger partial charge in [0.15, 0.2) is 0 Å². The van der Waals surface area contributed by atoms with Crippen LogP contribution >= 0.6 is 0 Å². The number of para-hydroxylation sites is 1. The molecule has 25 heavy (non-hydrogen) atoms. The van der Waals surface area contributed by atoms with E-state index < -0.39 is 0 Å². The van der Waals surface area contributed by atoms with Gasteiger partial charge >= 0.3 is 0 Å². The second-order valence-electron chi connectivity index (χ2n) is 6.27. The van der Waals surface area contributed by atoms with E-state index in [-0.39, 0.29) is 0 Å². The number of anilines is 1. The van der Waals surface area contributed by atoms with Gasteiger partial charge in [-0.1, -0.05) is 29.5 Å². The van der Waals surface area contributed by atoms with Crippen molar-refractivity contribution in [2.45, 2.75) is 26.9 Å². The Morgan fingerprint density at radius 2 is 1.76 bits per heavy atom. The summed E-state index contributed by atoms with van der Waals surface area (Å²) in [6.45, 7) is 5.53. The van der Waals surface area contributed by atoms with Crippen molar-refractivity contribution in [3.63, 3.8) is 0 Å². The molecule has 6 nitrogen and oxygen atoms in total. The molecule has 4 rings (SSSR count). The van der Waals surface area contributed by atoms with Crippen LogP contribution in [-0.2, 0) is 13.1 Å². The summed E-state index contributed by atoms with van der Waals surface area (Å²) in [5, 5.41) is 13.2. The third kappa shape index (κ3) is 2.87. The average Bonchev–Trinajstić information content (AvgIpc) is 3.19. The Kier molecular flexibility index (Phi) is 3.72. The van der Waals surface area contributed by atoms with Gasteiger partial charge in [-0.05, 0) is 43.7 Å². The van der Waals surface area contributed by atoms with Crippen molar-refractivity contribution in [2.24, 2.45) is 0 Å². The molecular weight excluding hydrogens is 312 g/mol. The zero-order chi connectivity index (χ0) is 17.4. The van der Waals surface area contributed by atoms with Crippen LogP contribution in [0.15, 0.2) is 48.5 Å². The molecule has 0 spiro atoms. The molecule has 0 radical (unpaired) electrons. The van der Waals surface area contributed by atoms with E-state index in [1.54, 1.807) is 0 Å². The monoisotopic (exact) mass is 332 g/mol. The van der Waals surface area contributed by atoms with E-state index in [1.807, 2.05) is 52.7 Å². The standard InChI is InChI=1S/C19H20N6/c1-13-7-8-15(12-16(13)20)18-11-14(2)24(22-18)9-10-25-19-6-4-3-5-17(19)21-23-25/h3-8,11-12H,9-10,20H2,1-2H3. The third-order valence-electron chi connectivity index (χ3n) is 4.50. The van der Waals surface area contributed by atoms with E-state index in [2.05, 4.69) is 29.4 Å². The Balaban J connectivity index is 1.57. The Hall–Kier alpha value is -3.15. The Morgan fingerprint density at radius 1 is 0.960 bits per heavy atom. The second-order valence-corrected chi connectivity index (χ2v) is 6.27. The van der Waals surface area contributed by atoms with Crippen LogP contribution in [0.4, 0.5) is 5.69 Å². The number of nitrogen functional groups attached to an aromatic ring is 1. The molecule has 0 atom stereocenters. The quantitative estimate of drug-likeness (QED) is 0.582. The van der Waals surface area contributed by atoms with Crippen molar-refractivity contribution in [2.75, 3.05) is 5.73 Å². The maximum atomic E-state index is 6.03. The second kappa shape index (κ2) is 6.05. The number of nitrogens with two attached hydrogens (primary N) is 1. The molecule has 0 bridgehead atoms. The number of hydrogen-bond donors (Lipinski definition) is 1. The first-order valence-electron chi connectivity index (χ1n) is 8.31. The summed E-state index contributed by atoms with van der Waals surface area (Å²) in [5.41, 5.74) is 12.9. The van der Waals surface area contributed by atoms with E-state index in [4.69, 9.17) is 10.8 Å². The van der Waals surface area contributed by atoms with Crippen molar-refractivity contribution in [1.82, 2.24) is 24.8 Å². The lowest BCUT2D eigenvalue weighted by Crippen LogP contribution is -2.11. The van der Waals surface area contributed by atoms with Gasteiger partial charge in [0.05, 0.1) is 24.3 Å². The number of hydrogen-bond acceptors (Lipinski definition) is 4. The molecule has 6 heteroatoms. The van der Waals surface area contributed by atoms with E-state index in [1.165, 1.54) is 0 Å². The number of rotatable bonds is 4. The van der Waals surface area contributed by atoms with Crippen LogP contribution in [0.25, 0.3) is 22.3 Å². The molecule has 2 aromatic heterocycles.